The highest BCUT2D eigenvalue weighted by Crippen LogP contribution is 2.21. The Kier molecular flexibility index (Phi) is 3.50. The molecule has 6 heteroatoms. The monoisotopic (exact) mass is 277 g/mol. The Labute approximate surface area is 117 Å². The van der Waals surface area contributed by atoms with Crippen LogP contribution in [0.1, 0.15) is 17.0 Å². The summed E-state index contributed by atoms with van der Waals surface area (Å²) < 4.78 is 2.09. The van der Waals surface area contributed by atoms with Gasteiger partial charge in [0.15, 0.2) is 0 Å². The van der Waals surface area contributed by atoms with Gasteiger partial charge in [-0.1, -0.05) is 23.7 Å². The van der Waals surface area contributed by atoms with Crippen LogP contribution in [0.25, 0.3) is 0 Å². The van der Waals surface area contributed by atoms with E-state index in [2.05, 4.69) is 25.7 Å². The maximum absolute atomic E-state index is 6.29. The molecule has 2 aromatic rings. The van der Waals surface area contributed by atoms with E-state index in [1.54, 1.807) is 6.33 Å². The van der Waals surface area contributed by atoms with Gasteiger partial charge in [0, 0.05) is 31.2 Å². The van der Waals surface area contributed by atoms with Crippen LogP contribution in [0.4, 0.5) is 0 Å². The fraction of sp³-hybridized carbons (Fsp3) is 0.385. The maximum Gasteiger partial charge on any atom is 0.147 e. The lowest BCUT2D eigenvalue weighted by atomic mass is 10.1. The number of rotatable bonds is 3. The van der Waals surface area contributed by atoms with Gasteiger partial charge in [0.2, 0.25) is 0 Å². The molecule has 0 spiro atoms. The van der Waals surface area contributed by atoms with Crippen molar-refractivity contribution in [3.05, 3.63) is 46.5 Å². The van der Waals surface area contributed by atoms with Crippen LogP contribution in [0, 0.1) is 0 Å². The highest BCUT2D eigenvalue weighted by molar-refractivity contribution is 6.31. The number of aromatic nitrogens is 3. The quantitative estimate of drug-likeness (QED) is 0.921. The third-order valence-electron chi connectivity index (χ3n) is 3.47. The van der Waals surface area contributed by atoms with Gasteiger partial charge in [-0.05, 0) is 17.2 Å². The smallest absolute Gasteiger partial charge is 0.147 e. The lowest BCUT2D eigenvalue weighted by Crippen LogP contribution is -2.33. The van der Waals surface area contributed by atoms with E-state index in [0.717, 1.165) is 48.2 Å². The molecule has 19 heavy (non-hydrogen) atoms. The Bertz CT molecular complexity index is 580. The average molecular weight is 278 g/mol. The second-order valence-corrected chi connectivity index (χ2v) is 5.19. The van der Waals surface area contributed by atoms with Crippen molar-refractivity contribution in [2.24, 2.45) is 5.73 Å². The summed E-state index contributed by atoms with van der Waals surface area (Å²) in [6.07, 6.45) is 1.79. The second kappa shape index (κ2) is 5.28. The molecule has 100 valence electrons. The van der Waals surface area contributed by atoms with E-state index < -0.39 is 0 Å². The van der Waals surface area contributed by atoms with E-state index >= 15 is 0 Å². The molecule has 0 amide bonds. The molecule has 1 aromatic heterocycles. The number of fused-ring (bicyclic) bond motifs is 1. The van der Waals surface area contributed by atoms with Crippen LogP contribution in [-0.4, -0.2) is 26.2 Å². The molecule has 1 aliphatic heterocycles. The number of benzene rings is 1. The van der Waals surface area contributed by atoms with Crippen LogP contribution in [0.2, 0.25) is 5.02 Å². The van der Waals surface area contributed by atoms with Gasteiger partial charge in [0.05, 0.1) is 6.54 Å². The van der Waals surface area contributed by atoms with Gasteiger partial charge < -0.3 is 10.3 Å². The molecular formula is C13H16ClN5. The van der Waals surface area contributed by atoms with Crippen molar-refractivity contribution in [1.82, 2.24) is 19.7 Å². The molecule has 0 unspecified atom stereocenters. The summed E-state index contributed by atoms with van der Waals surface area (Å²) in [5.74, 6) is 1.01. The summed E-state index contributed by atoms with van der Waals surface area (Å²) >= 11 is 6.29. The third kappa shape index (κ3) is 2.63. The van der Waals surface area contributed by atoms with E-state index in [9.17, 15) is 0 Å². The Morgan fingerprint density at radius 2 is 2.21 bits per heavy atom. The van der Waals surface area contributed by atoms with Gasteiger partial charge >= 0.3 is 0 Å². The first-order valence-corrected chi connectivity index (χ1v) is 6.70. The van der Waals surface area contributed by atoms with E-state index in [-0.39, 0.29) is 0 Å². The van der Waals surface area contributed by atoms with Crippen LogP contribution >= 0.6 is 11.6 Å². The molecule has 0 saturated carbocycles. The van der Waals surface area contributed by atoms with Gasteiger partial charge in [-0.3, -0.25) is 4.90 Å². The molecule has 0 fully saturated rings. The molecule has 1 aromatic carbocycles. The predicted molar refractivity (Wildman–Crippen MR) is 73.5 cm³/mol. The topological polar surface area (TPSA) is 60.0 Å². The van der Waals surface area contributed by atoms with E-state index in [1.807, 2.05) is 12.1 Å². The van der Waals surface area contributed by atoms with Crippen molar-refractivity contribution in [2.75, 3.05) is 6.54 Å². The van der Waals surface area contributed by atoms with Gasteiger partial charge in [-0.25, -0.2) is 0 Å². The van der Waals surface area contributed by atoms with Crippen molar-refractivity contribution in [3.63, 3.8) is 0 Å². The minimum absolute atomic E-state index is 0.521. The minimum Gasteiger partial charge on any atom is -0.326 e. The summed E-state index contributed by atoms with van der Waals surface area (Å²) in [5, 5.41) is 8.84. The first kappa shape index (κ1) is 12.6. The van der Waals surface area contributed by atoms with Gasteiger partial charge in [-0.15, -0.1) is 10.2 Å². The second-order valence-electron chi connectivity index (χ2n) is 4.78. The molecule has 1 aliphatic rings. The number of nitrogens with zero attached hydrogens (tertiary/aromatic N) is 4. The summed E-state index contributed by atoms with van der Waals surface area (Å²) in [4.78, 5) is 2.33. The normalized spacial score (nSPS) is 15.5. The fourth-order valence-corrected chi connectivity index (χ4v) is 2.60. The minimum atomic E-state index is 0.521. The van der Waals surface area contributed by atoms with Crippen LogP contribution in [-0.2, 0) is 26.2 Å². The molecule has 0 bridgehead atoms. The Morgan fingerprint density at radius 1 is 1.32 bits per heavy atom. The molecular weight excluding hydrogens is 262 g/mol. The van der Waals surface area contributed by atoms with Gasteiger partial charge in [0.1, 0.15) is 12.2 Å². The molecule has 0 aliphatic carbocycles. The first-order valence-electron chi connectivity index (χ1n) is 6.32. The van der Waals surface area contributed by atoms with Gasteiger partial charge in [-0.2, -0.15) is 0 Å². The summed E-state index contributed by atoms with van der Waals surface area (Å²) in [7, 11) is 0. The van der Waals surface area contributed by atoms with Crippen LogP contribution in [0.5, 0.6) is 0 Å². The van der Waals surface area contributed by atoms with Crippen molar-refractivity contribution in [2.45, 2.75) is 26.2 Å². The Hall–Kier alpha value is -1.43. The summed E-state index contributed by atoms with van der Waals surface area (Å²) in [6.45, 7) is 4.08. The first-order chi connectivity index (χ1) is 9.26. The van der Waals surface area contributed by atoms with E-state index in [0.29, 0.717) is 6.54 Å². The van der Waals surface area contributed by atoms with Crippen LogP contribution in [0.3, 0.4) is 0 Å². The fourth-order valence-electron chi connectivity index (χ4n) is 2.34. The Balaban J connectivity index is 1.73. The third-order valence-corrected chi connectivity index (χ3v) is 3.82. The zero-order valence-electron chi connectivity index (χ0n) is 10.6. The SMILES string of the molecule is NCc1ccc(CN2CCn3cnnc3C2)c(Cl)c1. The molecule has 0 atom stereocenters. The highest BCUT2D eigenvalue weighted by Gasteiger charge is 2.18. The average Bonchev–Trinajstić information content (AvgIpc) is 2.88. The standard InChI is InChI=1S/C13H16ClN5/c14-12-5-10(6-15)1-2-11(12)7-18-3-4-19-9-16-17-13(19)8-18/h1-2,5,9H,3-4,6-8,15H2. The van der Waals surface area contributed by atoms with Gasteiger partial charge in [0.25, 0.3) is 0 Å². The number of hydrogen-bond donors (Lipinski definition) is 1. The molecule has 0 radical (unpaired) electrons. The van der Waals surface area contributed by atoms with Crippen molar-refractivity contribution < 1.29 is 0 Å². The number of nitrogens with two attached hydrogens (primary N) is 1. The van der Waals surface area contributed by atoms with E-state index in [1.165, 1.54) is 0 Å². The predicted octanol–water partition coefficient (Wildman–Crippen LogP) is 1.41. The van der Waals surface area contributed by atoms with Crippen LogP contribution in [0.15, 0.2) is 24.5 Å². The molecule has 0 saturated heterocycles. The molecule has 3 rings (SSSR count). The zero-order chi connectivity index (χ0) is 13.2. The number of halogens is 1. The van der Waals surface area contributed by atoms with Crippen LogP contribution < -0.4 is 5.73 Å². The molecule has 2 heterocycles. The van der Waals surface area contributed by atoms with Crippen molar-refractivity contribution in [3.8, 4) is 0 Å². The molecule has 2 N–H and O–H groups in total. The largest absolute Gasteiger partial charge is 0.326 e. The van der Waals surface area contributed by atoms with Crippen molar-refractivity contribution >= 4 is 11.6 Å². The summed E-state index contributed by atoms with van der Waals surface area (Å²) in [5.41, 5.74) is 7.80. The maximum atomic E-state index is 6.29. The lowest BCUT2D eigenvalue weighted by Gasteiger charge is -2.27. The number of hydrogen-bond acceptors (Lipinski definition) is 4. The molecule has 5 nitrogen and oxygen atoms in total. The lowest BCUT2D eigenvalue weighted by molar-refractivity contribution is 0.209. The van der Waals surface area contributed by atoms with Crippen molar-refractivity contribution in [1.29, 1.82) is 0 Å². The summed E-state index contributed by atoms with van der Waals surface area (Å²) in [6, 6.07) is 6.04. The van der Waals surface area contributed by atoms with E-state index in [4.69, 9.17) is 17.3 Å². The Morgan fingerprint density at radius 3 is 3.00 bits per heavy atom. The zero-order valence-corrected chi connectivity index (χ0v) is 11.3. The highest BCUT2D eigenvalue weighted by atomic mass is 35.5.